The summed E-state index contributed by atoms with van der Waals surface area (Å²) in [5.41, 5.74) is 0. The average Bonchev–Trinajstić information content (AvgIpc) is 2.71. The predicted molar refractivity (Wildman–Crippen MR) is 122 cm³/mol. The van der Waals surface area contributed by atoms with E-state index in [0.717, 1.165) is 0 Å². The average molecular weight is 477 g/mol. The molecule has 33 heavy (non-hydrogen) atoms. The summed E-state index contributed by atoms with van der Waals surface area (Å²) in [7, 11) is 3.23. The molecule has 13 heteroatoms. The lowest BCUT2D eigenvalue weighted by molar-refractivity contribution is -0.140. The summed E-state index contributed by atoms with van der Waals surface area (Å²) < 4.78 is 0. The minimum atomic E-state index is -0.995. The molecule has 0 spiro atoms. The van der Waals surface area contributed by atoms with Crippen molar-refractivity contribution in [3.63, 3.8) is 0 Å². The van der Waals surface area contributed by atoms with Gasteiger partial charge in [-0.1, -0.05) is 7.43 Å². The van der Waals surface area contributed by atoms with Crippen LogP contribution in [0.3, 0.4) is 0 Å². The van der Waals surface area contributed by atoms with E-state index in [1.807, 2.05) is 4.90 Å². The number of carboxylic acid groups (broad SMARTS) is 3. The second-order valence-corrected chi connectivity index (χ2v) is 7.77. The van der Waals surface area contributed by atoms with E-state index in [2.05, 4.69) is 10.6 Å². The van der Waals surface area contributed by atoms with E-state index in [0.29, 0.717) is 58.9 Å². The molecule has 0 saturated carbocycles. The Labute approximate surface area is 195 Å². The van der Waals surface area contributed by atoms with Gasteiger partial charge in [-0.2, -0.15) is 0 Å². The Morgan fingerprint density at radius 3 is 1.21 bits per heavy atom. The normalized spacial score (nSPS) is 18.8. The fraction of sp³-hybridized carbons (Fsp3) is 0.800. The molecule has 0 radical (unpaired) electrons. The minimum Gasteiger partial charge on any atom is -0.480 e. The summed E-state index contributed by atoms with van der Waals surface area (Å²) in [6.45, 7) is 3.00. The number of carbonyl (C=O) groups excluding carboxylic acids is 1. The molecule has 0 bridgehead atoms. The molecule has 0 aromatic heterocycles. The Balaban J connectivity index is 0.0000102. The maximum Gasteiger partial charge on any atom is 0.317 e. The number of amides is 1. The van der Waals surface area contributed by atoms with Gasteiger partial charge in [0.2, 0.25) is 5.91 Å². The van der Waals surface area contributed by atoms with Crippen LogP contribution < -0.4 is 10.6 Å². The number of carboxylic acids is 3. The third kappa shape index (κ3) is 13.1. The first-order valence-electron chi connectivity index (χ1n) is 10.6. The van der Waals surface area contributed by atoms with Crippen LogP contribution in [0.25, 0.3) is 0 Å². The van der Waals surface area contributed by atoms with Crippen LogP contribution in [0.15, 0.2) is 0 Å². The molecule has 1 rings (SSSR count). The highest BCUT2D eigenvalue weighted by atomic mass is 16.4. The molecule has 13 nitrogen and oxygen atoms in total. The highest BCUT2D eigenvalue weighted by Gasteiger charge is 2.23. The van der Waals surface area contributed by atoms with Crippen molar-refractivity contribution < 1.29 is 34.5 Å². The van der Waals surface area contributed by atoms with Crippen molar-refractivity contribution >= 4 is 23.8 Å². The van der Waals surface area contributed by atoms with E-state index in [-0.39, 0.29) is 33.0 Å². The first kappa shape index (κ1) is 30.7. The molecular formula is C20H40N6O7. The number of hydrogen-bond acceptors (Lipinski definition) is 9. The standard InChI is InChI=1S/C19H36N6O7.CH4/c1-20-15(19(32)21-2)11-22-3-5-23(12-16(26)27)7-9-25(14-18(30)31)10-8-24(6-4-22)13-17(28)29;/h15,20H,3-14H2,1-2H3,(H,21,32)(H,26,27)(H,28,29)(H,30,31);1H4. The third-order valence-electron chi connectivity index (χ3n) is 5.36. The lowest BCUT2D eigenvalue weighted by atomic mass is 10.2. The summed E-state index contributed by atoms with van der Waals surface area (Å²) in [6.07, 6.45) is 0. The van der Waals surface area contributed by atoms with E-state index in [1.54, 1.807) is 28.8 Å². The second-order valence-electron chi connectivity index (χ2n) is 7.77. The minimum absolute atomic E-state index is 0. The fourth-order valence-corrected chi connectivity index (χ4v) is 3.55. The van der Waals surface area contributed by atoms with Gasteiger partial charge in [0, 0.05) is 66.0 Å². The van der Waals surface area contributed by atoms with Crippen molar-refractivity contribution in [1.82, 2.24) is 30.2 Å². The van der Waals surface area contributed by atoms with Gasteiger partial charge in [-0.05, 0) is 7.05 Å². The van der Waals surface area contributed by atoms with Gasteiger partial charge < -0.3 is 26.0 Å². The monoisotopic (exact) mass is 476 g/mol. The van der Waals surface area contributed by atoms with Crippen LogP contribution in [0.4, 0.5) is 0 Å². The van der Waals surface area contributed by atoms with Crippen molar-refractivity contribution in [3.05, 3.63) is 0 Å². The number of nitrogens with zero attached hydrogens (tertiary/aromatic N) is 4. The van der Waals surface area contributed by atoms with Crippen LogP contribution in [0, 0.1) is 0 Å². The number of hydrogen-bond donors (Lipinski definition) is 5. The zero-order valence-electron chi connectivity index (χ0n) is 18.8. The van der Waals surface area contributed by atoms with Gasteiger partial charge in [-0.3, -0.25) is 38.8 Å². The van der Waals surface area contributed by atoms with Gasteiger partial charge in [-0.25, -0.2) is 0 Å². The van der Waals surface area contributed by atoms with E-state index in [1.165, 1.54) is 0 Å². The maximum atomic E-state index is 12.1. The fourth-order valence-electron chi connectivity index (χ4n) is 3.55. The molecule has 1 fully saturated rings. The largest absolute Gasteiger partial charge is 0.480 e. The molecule has 1 aliphatic heterocycles. The highest BCUT2D eigenvalue weighted by Crippen LogP contribution is 2.02. The van der Waals surface area contributed by atoms with E-state index in [4.69, 9.17) is 0 Å². The van der Waals surface area contributed by atoms with E-state index < -0.39 is 23.9 Å². The van der Waals surface area contributed by atoms with E-state index >= 15 is 0 Å². The van der Waals surface area contributed by atoms with Crippen LogP contribution >= 0.6 is 0 Å². The number of rotatable bonds is 10. The SMILES string of the molecule is C.CNC(=O)C(CN1CCN(CC(=O)O)CCN(CC(=O)O)CCN(CC(=O)O)CC1)NC. The van der Waals surface area contributed by atoms with Gasteiger partial charge in [0.1, 0.15) is 0 Å². The third-order valence-corrected chi connectivity index (χ3v) is 5.36. The molecule has 0 aromatic rings. The number of likely N-dealkylation sites (N-methyl/N-ethyl adjacent to an activating group) is 2. The first-order chi connectivity index (χ1) is 15.1. The van der Waals surface area contributed by atoms with E-state index in [9.17, 15) is 34.5 Å². The molecule has 0 aromatic carbocycles. The molecule has 0 aliphatic carbocycles. The van der Waals surface area contributed by atoms with Crippen molar-refractivity contribution in [2.24, 2.45) is 0 Å². The summed E-state index contributed by atoms with van der Waals surface area (Å²) in [4.78, 5) is 53.1. The van der Waals surface area contributed by atoms with Crippen LogP contribution in [0.2, 0.25) is 0 Å². The van der Waals surface area contributed by atoms with Gasteiger partial charge in [-0.15, -0.1) is 0 Å². The molecule has 1 amide bonds. The lowest BCUT2D eigenvalue weighted by Gasteiger charge is -2.34. The number of carbonyl (C=O) groups is 4. The lowest BCUT2D eigenvalue weighted by Crippen LogP contribution is -2.53. The Morgan fingerprint density at radius 1 is 0.667 bits per heavy atom. The van der Waals surface area contributed by atoms with Crippen molar-refractivity contribution in [2.45, 2.75) is 13.5 Å². The smallest absolute Gasteiger partial charge is 0.317 e. The van der Waals surface area contributed by atoms with Gasteiger partial charge in [0.05, 0.1) is 25.7 Å². The van der Waals surface area contributed by atoms with Crippen molar-refractivity contribution in [1.29, 1.82) is 0 Å². The summed E-state index contributed by atoms with van der Waals surface area (Å²) >= 11 is 0. The summed E-state index contributed by atoms with van der Waals surface area (Å²) in [5, 5.41) is 33.3. The Hall–Kier alpha value is -2.32. The highest BCUT2D eigenvalue weighted by molar-refractivity contribution is 5.81. The molecule has 1 heterocycles. The predicted octanol–water partition coefficient (Wildman–Crippen LogP) is -2.57. The first-order valence-corrected chi connectivity index (χ1v) is 10.6. The second kappa shape index (κ2) is 16.3. The zero-order valence-corrected chi connectivity index (χ0v) is 18.8. The molecule has 1 unspecified atom stereocenters. The Morgan fingerprint density at radius 2 is 0.970 bits per heavy atom. The molecule has 1 saturated heterocycles. The molecule has 1 atom stereocenters. The van der Waals surface area contributed by atoms with Gasteiger partial charge in [0.25, 0.3) is 0 Å². The Bertz CT molecular complexity index is 604. The van der Waals surface area contributed by atoms with Gasteiger partial charge in [0.15, 0.2) is 0 Å². The van der Waals surface area contributed by atoms with Crippen LogP contribution in [-0.2, 0) is 19.2 Å². The molecule has 192 valence electrons. The van der Waals surface area contributed by atoms with Gasteiger partial charge >= 0.3 is 17.9 Å². The number of aliphatic carboxylic acids is 3. The van der Waals surface area contributed by atoms with Crippen molar-refractivity contribution in [2.75, 3.05) is 92.6 Å². The quantitative estimate of drug-likeness (QED) is 0.224. The molecule has 5 N–H and O–H groups in total. The maximum absolute atomic E-state index is 12.1. The Kier molecular flexibility index (Phi) is 15.2. The topological polar surface area (TPSA) is 166 Å². The van der Waals surface area contributed by atoms with Crippen molar-refractivity contribution in [3.8, 4) is 0 Å². The zero-order chi connectivity index (χ0) is 24.1. The summed E-state index contributed by atoms with van der Waals surface area (Å²) in [5.74, 6) is -3.11. The summed E-state index contributed by atoms with van der Waals surface area (Å²) in [6, 6.07) is -0.472. The molecular weight excluding hydrogens is 436 g/mol. The van der Waals surface area contributed by atoms with Crippen LogP contribution in [0.1, 0.15) is 7.43 Å². The van der Waals surface area contributed by atoms with Crippen LogP contribution in [0.5, 0.6) is 0 Å². The molecule has 1 aliphatic rings. The number of nitrogens with one attached hydrogen (secondary N) is 2. The van der Waals surface area contributed by atoms with Crippen LogP contribution in [-0.4, -0.2) is 157 Å².